The van der Waals surface area contributed by atoms with Crippen LogP contribution in [-0.4, -0.2) is 59.2 Å². The summed E-state index contributed by atoms with van der Waals surface area (Å²) in [6, 6.07) is 5.06. The Kier molecular flexibility index (Phi) is 2.97. The SMILES string of the molecule is CS(=O)(=O)C1CCN(C(=O)c2ccc3n[nH]nc3c2)C1. The summed E-state index contributed by atoms with van der Waals surface area (Å²) in [5.41, 5.74) is 1.81. The fourth-order valence-corrected chi connectivity index (χ4v) is 3.40. The van der Waals surface area contributed by atoms with E-state index in [-0.39, 0.29) is 12.5 Å². The summed E-state index contributed by atoms with van der Waals surface area (Å²) < 4.78 is 23.0. The molecule has 1 amide bonds. The maximum absolute atomic E-state index is 12.4. The number of rotatable bonds is 2. The molecule has 1 aromatic heterocycles. The Morgan fingerprint density at radius 1 is 1.35 bits per heavy atom. The molecule has 1 atom stereocenters. The van der Waals surface area contributed by atoms with Crippen LogP contribution in [0.5, 0.6) is 0 Å². The van der Waals surface area contributed by atoms with Gasteiger partial charge in [-0.1, -0.05) is 0 Å². The molecule has 0 bridgehead atoms. The molecule has 1 fully saturated rings. The zero-order chi connectivity index (χ0) is 14.3. The normalized spacial score (nSPS) is 19.6. The Labute approximate surface area is 115 Å². The van der Waals surface area contributed by atoms with Gasteiger partial charge in [0.25, 0.3) is 5.91 Å². The second-order valence-electron chi connectivity index (χ2n) is 5.02. The van der Waals surface area contributed by atoms with Crippen LogP contribution in [0.1, 0.15) is 16.8 Å². The highest BCUT2D eigenvalue weighted by Gasteiger charge is 2.32. The smallest absolute Gasteiger partial charge is 0.253 e. The molecule has 1 aromatic carbocycles. The molecule has 1 saturated heterocycles. The number of sulfone groups is 1. The maximum atomic E-state index is 12.4. The molecule has 7 nitrogen and oxygen atoms in total. The Morgan fingerprint density at radius 2 is 2.10 bits per heavy atom. The van der Waals surface area contributed by atoms with Gasteiger partial charge in [-0.2, -0.15) is 15.4 Å². The summed E-state index contributed by atoms with van der Waals surface area (Å²) in [6.07, 6.45) is 1.71. The number of aromatic amines is 1. The molecule has 0 aliphatic carbocycles. The number of nitrogens with zero attached hydrogens (tertiary/aromatic N) is 3. The number of hydrogen-bond donors (Lipinski definition) is 1. The molecule has 1 N–H and O–H groups in total. The molecule has 20 heavy (non-hydrogen) atoms. The Hall–Kier alpha value is -1.96. The van der Waals surface area contributed by atoms with Gasteiger partial charge in [0, 0.05) is 24.9 Å². The lowest BCUT2D eigenvalue weighted by molar-refractivity contribution is 0.0793. The van der Waals surface area contributed by atoms with Crippen LogP contribution in [0.2, 0.25) is 0 Å². The van der Waals surface area contributed by atoms with E-state index in [9.17, 15) is 13.2 Å². The Bertz CT molecular complexity index is 768. The minimum Gasteiger partial charge on any atom is -0.337 e. The number of H-pyrrole nitrogens is 1. The average Bonchev–Trinajstić information content (AvgIpc) is 3.05. The summed E-state index contributed by atoms with van der Waals surface area (Å²) in [5.74, 6) is -0.166. The van der Waals surface area contributed by atoms with Gasteiger partial charge in [0.2, 0.25) is 0 Å². The number of carbonyl (C=O) groups excluding carboxylic acids is 1. The predicted molar refractivity (Wildman–Crippen MR) is 73.0 cm³/mol. The van der Waals surface area contributed by atoms with E-state index in [0.29, 0.717) is 29.6 Å². The fourth-order valence-electron chi connectivity index (χ4n) is 2.42. The summed E-state index contributed by atoms with van der Waals surface area (Å²) in [6.45, 7) is 0.724. The molecule has 2 aromatic rings. The van der Waals surface area contributed by atoms with Crippen molar-refractivity contribution in [2.75, 3.05) is 19.3 Å². The number of nitrogens with one attached hydrogen (secondary N) is 1. The van der Waals surface area contributed by atoms with Crippen LogP contribution in [-0.2, 0) is 9.84 Å². The largest absolute Gasteiger partial charge is 0.337 e. The van der Waals surface area contributed by atoms with Crippen LogP contribution in [0.3, 0.4) is 0 Å². The summed E-state index contributed by atoms with van der Waals surface area (Å²) in [7, 11) is -3.10. The van der Waals surface area contributed by atoms with Crippen LogP contribution in [0, 0.1) is 0 Å². The standard InChI is InChI=1S/C12H14N4O3S/c1-20(18,19)9-4-5-16(7-9)12(17)8-2-3-10-11(6-8)14-15-13-10/h2-3,6,9H,4-5,7H2,1H3,(H,13,14,15). The topological polar surface area (TPSA) is 96.0 Å². The summed E-state index contributed by atoms with van der Waals surface area (Å²) in [5, 5.41) is 9.90. The van der Waals surface area contributed by atoms with Gasteiger partial charge in [-0.3, -0.25) is 4.79 Å². The predicted octanol–water partition coefficient (Wildman–Crippen LogP) is 0.217. The van der Waals surface area contributed by atoms with Crippen molar-refractivity contribution in [3.63, 3.8) is 0 Å². The quantitative estimate of drug-likeness (QED) is 0.854. The lowest BCUT2D eigenvalue weighted by Crippen LogP contribution is -2.31. The number of carbonyl (C=O) groups is 1. The van der Waals surface area contributed by atoms with Crippen molar-refractivity contribution in [1.82, 2.24) is 20.3 Å². The Balaban J connectivity index is 1.82. The monoisotopic (exact) mass is 294 g/mol. The molecule has 2 heterocycles. The van der Waals surface area contributed by atoms with Crippen LogP contribution in [0.25, 0.3) is 11.0 Å². The third-order valence-corrected chi connectivity index (χ3v) is 5.20. The van der Waals surface area contributed by atoms with E-state index in [1.54, 1.807) is 23.1 Å². The van der Waals surface area contributed by atoms with Gasteiger partial charge >= 0.3 is 0 Å². The van der Waals surface area contributed by atoms with Crippen molar-refractivity contribution in [3.8, 4) is 0 Å². The molecule has 0 radical (unpaired) electrons. The van der Waals surface area contributed by atoms with E-state index < -0.39 is 15.1 Å². The first-order chi connectivity index (χ1) is 9.45. The summed E-state index contributed by atoms with van der Waals surface area (Å²) in [4.78, 5) is 13.9. The van der Waals surface area contributed by atoms with Crippen molar-refractivity contribution in [2.24, 2.45) is 0 Å². The highest BCUT2D eigenvalue weighted by molar-refractivity contribution is 7.91. The highest BCUT2D eigenvalue weighted by atomic mass is 32.2. The van der Waals surface area contributed by atoms with E-state index in [0.717, 1.165) is 0 Å². The third kappa shape index (κ3) is 2.26. The zero-order valence-electron chi connectivity index (χ0n) is 10.9. The van der Waals surface area contributed by atoms with Gasteiger partial charge in [0.05, 0.1) is 5.25 Å². The molecule has 8 heteroatoms. The highest BCUT2D eigenvalue weighted by Crippen LogP contribution is 2.20. The van der Waals surface area contributed by atoms with Crippen molar-refractivity contribution >= 4 is 26.8 Å². The second kappa shape index (κ2) is 4.55. The van der Waals surface area contributed by atoms with E-state index in [2.05, 4.69) is 15.4 Å². The molecule has 106 valence electrons. The molecule has 1 aliphatic heterocycles. The van der Waals surface area contributed by atoms with Crippen molar-refractivity contribution in [3.05, 3.63) is 23.8 Å². The number of benzene rings is 1. The van der Waals surface area contributed by atoms with E-state index >= 15 is 0 Å². The van der Waals surface area contributed by atoms with Crippen molar-refractivity contribution in [1.29, 1.82) is 0 Å². The van der Waals surface area contributed by atoms with Crippen LogP contribution < -0.4 is 0 Å². The van der Waals surface area contributed by atoms with Crippen LogP contribution in [0.15, 0.2) is 18.2 Å². The first-order valence-electron chi connectivity index (χ1n) is 6.24. The first-order valence-corrected chi connectivity index (χ1v) is 8.19. The molecular formula is C12H14N4O3S. The number of hydrogen-bond acceptors (Lipinski definition) is 5. The van der Waals surface area contributed by atoms with Gasteiger partial charge < -0.3 is 4.90 Å². The Morgan fingerprint density at radius 3 is 2.80 bits per heavy atom. The average molecular weight is 294 g/mol. The first kappa shape index (κ1) is 13.0. The van der Waals surface area contributed by atoms with E-state index in [1.807, 2.05) is 0 Å². The van der Waals surface area contributed by atoms with Crippen molar-refractivity contribution in [2.45, 2.75) is 11.7 Å². The molecule has 0 spiro atoms. The van der Waals surface area contributed by atoms with Crippen LogP contribution in [0.4, 0.5) is 0 Å². The molecule has 1 aliphatic rings. The maximum Gasteiger partial charge on any atom is 0.253 e. The number of fused-ring (bicyclic) bond motifs is 1. The molecular weight excluding hydrogens is 280 g/mol. The number of aromatic nitrogens is 3. The fraction of sp³-hybridized carbons (Fsp3) is 0.417. The molecule has 3 rings (SSSR count). The summed E-state index contributed by atoms with van der Waals surface area (Å²) >= 11 is 0. The second-order valence-corrected chi connectivity index (χ2v) is 7.34. The van der Waals surface area contributed by atoms with Gasteiger partial charge in [-0.25, -0.2) is 8.42 Å². The van der Waals surface area contributed by atoms with E-state index in [1.165, 1.54) is 6.26 Å². The van der Waals surface area contributed by atoms with E-state index in [4.69, 9.17) is 0 Å². The van der Waals surface area contributed by atoms with Gasteiger partial charge in [0.15, 0.2) is 9.84 Å². The molecule has 1 unspecified atom stereocenters. The van der Waals surface area contributed by atoms with Gasteiger partial charge in [-0.15, -0.1) is 0 Å². The number of likely N-dealkylation sites (tertiary alicyclic amines) is 1. The number of amides is 1. The minimum absolute atomic E-state index is 0.166. The molecule has 0 saturated carbocycles. The van der Waals surface area contributed by atoms with Crippen molar-refractivity contribution < 1.29 is 13.2 Å². The van der Waals surface area contributed by atoms with Crippen LogP contribution >= 0.6 is 0 Å². The zero-order valence-corrected chi connectivity index (χ0v) is 11.7. The lowest BCUT2D eigenvalue weighted by atomic mass is 10.2. The minimum atomic E-state index is -3.10. The van der Waals surface area contributed by atoms with Gasteiger partial charge in [-0.05, 0) is 24.6 Å². The van der Waals surface area contributed by atoms with Gasteiger partial charge in [0.1, 0.15) is 11.0 Å². The lowest BCUT2D eigenvalue weighted by Gasteiger charge is -2.16. The third-order valence-electron chi connectivity index (χ3n) is 3.60.